The molecule has 0 aromatic heterocycles. The van der Waals surface area contributed by atoms with Gasteiger partial charge in [-0.05, 0) is 18.2 Å². The minimum Gasteiger partial charge on any atom is -0.480 e. The molecule has 0 radical (unpaired) electrons. The third-order valence-electron chi connectivity index (χ3n) is 1.57. The fourth-order valence-electron chi connectivity index (χ4n) is 0.954. The van der Waals surface area contributed by atoms with Crippen molar-refractivity contribution in [1.29, 1.82) is 5.26 Å². The number of terminal acetylenes is 1. The van der Waals surface area contributed by atoms with Gasteiger partial charge in [-0.1, -0.05) is 5.92 Å². The molecule has 0 spiro atoms. The van der Waals surface area contributed by atoms with Crippen LogP contribution in [0.5, 0.6) is 5.75 Å². The molecule has 3 nitrogen and oxygen atoms in total. The number of carbonyl (C=O) groups is 1. The van der Waals surface area contributed by atoms with E-state index in [1.165, 1.54) is 6.07 Å². The summed E-state index contributed by atoms with van der Waals surface area (Å²) in [6.07, 6.45) is 5.68. The van der Waals surface area contributed by atoms with Gasteiger partial charge in [0.1, 0.15) is 24.7 Å². The van der Waals surface area contributed by atoms with E-state index >= 15 is 0 Å². The summed E-state index contributed by atoms with van der Waals surface area (Å²) >= 11 is 0. The lowest BCUT2D eigenvalue weighted by atomic mass is 10.1. The second kappa shape index (κ2) is 4.69. The first-order valence-electron chi connectivity index (χ1n) is 3.87. The number of carbonyl (C=O) groups excluding carboxylic acids is 1. The molecule has 0 heterocycles. The average Bonchev–Trinajstić information content (AvgIpc) is 2.26. The Kier molecular flexibility index (Phi) is 3.29. The first-order chi connectivity index (χ1) is 6.81. The number of ether oxygens (including phenoxy) is 1. The van der Waals surface area contributed by atoms with Crippen molar-refractivity contribution in [3.8, 4) is 24.2 Å². The highest BCUT2D eigenvalue weighted by atomic mass is 16.5. The van der Waals surface area contributed by atoms with Gasteiger partial charge in [0, 0.05) is 5.56 Å². The molecule has 14 heavy (non-hydrogen) atoms. The van der Waals surface area contributed by atoms with Crippen molar-refractivity contribution in [2.75, 3.05) is 6.61 Å². The molecule has 0 aliphatic heterocycles. The van der Waals surface area contributed by atoms with E-state index in [0.29, 0.717) is 23.2 Å². The zero-order chi connectivity index (χ0) is 10.4. The van der Waals surface area contributed by atoms with Crippen molar-refractivity contribution in [1.82, 2.24) is 0 Å². The summed E-state index contributed by atoms with van der Waals surface area (Å²) < 4.78 is 5.10. The summed E-state index contributed by atoms with van der Waals surface area (Å²) in [6.45, 7) is 0.106. The number of benzene rings is 1. The fourth-order valence-corrected chi connectivity index (χ4v) is 0.954. The Morgan fingerprint density at radius 1 is 1.57 bits per heavy atom. The first-order valence-corrected chi connectivity index (χ1v) is 3.87. The molecule has 0 N–H and O–H groups in total. The lowest BCUT2D eigenvalue weighted by molar-refractivity contribution is 0.112. The highest BCUT2D eigenvalue weighted by Crippen LogP contribution is 2.18. The van der Waals surface area contributed by atoms with Crippen molar-refractivity contribution in [3.63, 3.8) is 0 Å². The van der Waals surface area contributed by atoms with E-state index in [2.05, 4.69) is 5.92 Å². The molecular formula is C11H7NO2. The molecule has 0 aliphatic carbocycles. The summed E-state index contributed by atoms with van der Waals surface area (Å²) in [4.78, 5) is 10.4. The summed E-state index contributed by atoms with van der Waals surface area (Å²) in [5.41, 5.74) is 0.749. The van der Waals surface area contributed by atoms with Crippen LogP contribution in [0.1, 0.15) is 15.9 Å². The zero-order valence-electron chi connectivity index (χ0n) is 7.36. The van der Waals surface area contributed by atoms with Gasteiger partial charge in [-0.3, -0.25) is 4.79 Å². The van der Waals surface area contributed by atoms with E-state index in [1.807, 2.05) is 6.07 Å². The van der Waals surface area contributed by atoms with Gasteiger partial charge in [-0.25, -0.2) is 0 Å². The maximum atomic E-state index is 10.4. The van der Waals surface area contributed by atoms with E-state index in [0.717, 1.165) is 0 Å². The van der Waals surface area contributed by atoms with E-state index < -0.39 is 0 Å². The van der Waals surface area contributed by atoms with E-state index in [1.54, 1.807) is 12.1 Å². The predicted octanol–water partition coefficient (Wildman–Crippen LogP) is 1.38. The summed E-state index contributed by atoms with van der Waals surface area (Å²) in [7, 11) is 0. The molecule has 0 saturated carbocycles. The number of nitriles is 1. The lowest BCUT2D eigenvalue weighted by Crippen LogP contribution is -1.96. The fraction of sp³-hybridized carbons (Fsp3) is 0.0909. The van der Waals surface area contributed by atoms with Crippen LogP contribution in [-0.4, -0.2) is 12.9 Å². The Morgan fingerprint density at radius 3 is 2.93 bits per heavy atom. The predicted molar refractivity (Wildman–Crippen MR) is 50.9 cm³/mol. The second-order valence-corrected chi connectivity index (χ2v) is 2.48. The minimum absolute atomic E-state index is 0.106. The molecule has 3 heteroatoms. The molecule has 0 atom stereocenters. The molecule has 0 unspecified atom stereocenters. The van der Waals surface area contributed by atoms with Crippen LogP contribution < -0.4 is 4.74 Å². The standard InChI is InChI=1S/C11H7NO2/c1-2-5-14-11-4-3-9(8-13)6-10(11)7-12/h1,3-4,6,8H,5H2. The molecule has 0 amide bonds. The third-order valence-corrected chi connectivity index (χ3v) is 1.57. The van der Waals surface area contributed by atoms with E-state index in [4.69, 9.17) is 16.4 Å². The number of nitrogens with zero attached hydrogens (tertiary/aromatic N) is 1. The number of aldehydes is 1. The third kappa shape index (κ3) is 2.12. The van der Waals surface area contributed by atoms with Gasteiger partial charge in [0.15, 0.2) is 0 Å². The normalized spacial score (nSPS) is 8.43. The summed E-state index contributed by atoms with van der Waals surface area (Å²) in [5.74, 6) is 2.69. The molecule has 0 bridgehead atoms. The van der Waals surface area contributed by atoms with Crippen molar-refractivity contribution in [2.45, 2.75) is 0 Å². The molecule has 0 saturated heterocycles. The zero-order valence-corrected chi connectivity index (χ0v) is 7.36. The molecule has 1 aromatic carbocycles. The van der Waals surface area contributed by atoms with Crippen LogP contribution in [0.3, 0.4) is 0 Å². The Bertz CT molecular complexity index is 424. The van der Waals surface area contributed by atoms with Crippen LogP contribution in [0.15, 0.2) is 18.2 Å². The monoisotopic (exact) mass is 185 g/mol. The molecular weight excluding hydrogens is 178 g/mol. The molecule has 0 fully saturated rings. The van der Waals surface area contributed by atoms with Crippen LogP contribution >= 0.6 is 0 Å². The van der Waals surface area contributed by atoms with Crippen LogP contribution in [0.2, 0.25) is 0 Å². The molecule has 0 aliphatic rings. The van der Waals surface area contributed by atoms with Crippen molar-refractivity contribution < 1.29 is 9.53 Å². The quantitative estimate of drug-likeness (QED) is 0.528. The Hall–Kier alpha value is -2.26. The van der Waals surface area contributed by atoms with Crippen LogP contribution in [0.4, 0.5) is 0 Å². The number of rotatable bonds is 3. The maximum absolute atomic E-state index is 10.4. The van der Waals surface area contributed by atoms with Gasteiger partial charge in [-0.15, -0.1) is 6.42 Å². The maximum Gasteiger partial charge on any atom is 0.150 e. The van der Waals surface area contributed by atoms with Gasteiger partial charge in [0.25, 0.3) is 0 Å². The van der Waals surface area contributed by atoms with Gasteiger partial charge < -0.3 is 4.74 Å². The van der Waals surface area contributed by atoms with Crippen LogP contribution in [-0.2, 0) is 0 Å². The smallest absolute Gasteiger partial charge is 0.150 e. The van der Waals surface area contributed by atoms with Crippen LogP contribution in [0, 0.1) is 23.7 Å². The number of hydrogen-bond donors (Lipinski definition) is 0. The topological polar surface area (TPSA) is 50.1 Å². The highest BCUT2D eigenvalue weighted by Gasteiger charge is 2.03. The van der Waals surface area contributed by atoms with Gasteiger partial charge in [-0.2, -0.15) is 5.26 Å². The largest absolute Gasteiger partial charge is 0.480 e. The lowest BCUT2D eigenvalue weighted by Gasteiger charge is -2.03. The molecule has 1 aromatic rings. The SMILES string of the molecule is C#CCOc1ccc(C=O)cc1C#N. The Morgan fingerprint density at radius 2 is 2.36 bits per heavy atom. The molecule has 1 rings (SSSR count). The molecule has 68 valence electrons. The summed E-state index contributed by atoms with van der Waals surface area (Å²) in [5, 5.41) is 8.74. The number of hydrogen-bond acceptors (Lipinski definition) is 3. The van der Waals surface area contributed by atoms with Gasteiger partial charge >= 0.3 is 0 Å². The first kappa shape index (κ1) is 9.83. The van der Waals surface area contributed by atoms with Gasteiger partial charge in [0.2, 0.25) is 0 Å². The Labute approximate surface area is 81.9 Å². The van der Waals surface area contributed by atoms with Gasteiger partial charge in [0.05, 0.1) is 5.56 Å². The van der Waals surface area contributed by atoms with Crippen LogP contribution in [0.25, 0.3) is 0 Å². The second-order valence-electron chi connectivity index (χ2n) is 2.48. The average molecular weight is 185 g/mol. The van der Waals surface area contributed by atoms with E-state index in [9.17, 15) is 4.79 Å². The summed E-state index contributed by atoms with van der Waals surface area (Å²) in [6, 6.07) is 6.51. The van der Waals surface area contributed by atoms with Crippen molar-refractivity contribution in [3.05, 3.63) is 29.3 Å². The van der Waals surface area contributed by atoms with Crippen molar-refractivity contribution >= 4 is 6.29 Å². The van der Waals surface area contributed by atoms with Crippen molar-refractivity contribution in [2.24, 2.45) is 0 Å². The van der Waals surface area contributed by atoms with E-state index in [-0.39, 0.29) is 6.61 Å². The highest BCUT2D eigenvalue weighted by molar-refractivity contribution is 5.76. The minimum atomic E-state index is 0.106. The Balaban J connectivity index is 3.02.